The molecule has 1 aliphatic rings. The van der Waals surface area contributed by atoms with Crippen molar-refractivity contribution in [2.45, 2.75) is 13.5 Å². The van der Waals surface area contributed by atoms with Gasteiger partial charge in [-0.3, -0.25) is 19.2 Å². The van der Waals surface area contributed by atoms with Crippen LogP contribution < -0.4 is 9.62 Å². The molecule has 0 saturated heterocycles. The van der Waals surface area contributed by atoms with Crippen molar-refractivity contribution in [2.75, 3.05) is 10.6 Å². The highest BCUT2D eigenvalue weighted by molar-refractivity contribution is 8.00. The molecular formula is C23H19N3O2S. The number of aromatic nitrogens is 1. The third-order valence-electron chi connectivity index (χ3n) is 5.42. The number of imide groups is 1. The predicted molar refractivity (Wildman–Crippen MR) is 119 cm³/mol. The Morgan fingerprint density at radius 3 is 2.45 bits per heavy atom. The van der Waals surface area contributed by atoms with Crippen molar-refractivity contribution >= 4 is 56.9 Å². The van der Waals surface area contributed by atoms with Gasteiger partial charge in [0.25, 0.3) is 11.8 Å². The summed E-state index contributed by atoms with van der Waals surface area (Å²) in [5.74, 6) is -0.661. The number of nitrogens with one attached hydrogen (secondary N) is 1. The van der Waals surface area contributed by atoms with Crippen molar-refractivity contribution < 1.29 is 9.59 Å². The average molecular weight is 401 g/mol. The Morgan fingerprint density at radius 2 is 1.72 bits per heavy atom. The molecule has 0 radical (unpaired) electrons. The first-order valence-electron chi connectivity index (χ1n) is 9.48. The largest absolute Gasteiger partial charge is 0.339 e. The van der Waals surface area contributed by atoms with Gasteiger partial charge in [-0.05, 0) is 43.1 Å². The fourth-order valence-corrected chi connectivity index (χ4v) is 4.94. The van der Waals surface area contributed by atoms with E-state index in [1.54, 1.807) is 11.9 Å². The molecule has 144 valence electrons. The molecule has 3 aromatic carbocycles. The molecule has 0 atom stereocenters. The molecule has 0 saturated carbocycles. The van der Waals surface area contributed by atoms with Gasteiger partial charge in [0.15, 0.2) is 0 Å². The van der Waals surface area contributed by atoms with E-state index in [1.165, 1.54) is 0 Å². The highest BCUT2D eigenvalue weighted by Gasteiger charge is 2.34. The summed E-state index contributed by atoms with van der Waals surface area (Å²) in [5.41, 5.74) is 4.86. The van der Waals surface area contributed by atoms with E-state index >= 15 is 0 Å². The number of carbonyl (C=O) groups excluding carboxylic acids is 2. The molecule has 4 aromatic rings. The van der Waals surface area contributed by atoms with Crippen molar-refractivity contribution in [2.24, 2.45) is 0 Å². The molecule has 5 rings (SSSR count). The number of para-hydroxylation sites is 2. The molecule has 2 heterocycles. The maximum atomic E-state index is 12.7. The zero-order valence-corrected chi connectivity index (χ0v) is 16.9. The molecule has 1 aromatic heterocycles. The third kappa shape index (κ3) is 2.49. The van der Waals surface area contributed by atoms with Gasteiger partial charge in [-0.15, -0.1) is 0 Å². The number of hydrogen-bond acceptors (Lipinski definition) is 4. The zero-order chi connectivity index (χ0) is 20.1. The quantitative estimate of drug-likeness (QED) is 0.381. The van der Waals surface area contributed by atoms with Gasteiger partial charge in [-0.1, -0.05) is 36.4 Å². The number of aryl methyl sites for hydroxylation is 1. The number of hydrogen-bond donors (Lipinski definition) is 1. The first-order valence-corrected chi connectivity index (χ1v) is 10.7. The van der Waals surface area contributed by atoms with E-state index in [2.05, 4.69) is 27.2 Å². The van der Waals surface area contributed by atoms with E-state index in [0.717, 1.165) is 39.7 Å². The molecule has 0 spiro atoms. The summed E-state index contributed by atoms with van der Waals surface area (Å²) in [6, 6.07) is 20.0. The van der Waals surface area contributed by atoms with Crippen molar-refractivity contribution in [3.63, 3.8) is 0 Å². The summed E-state index contributed by atoms with van der Waals surface area (Å²) < 4.78 is 4.34. The van der Waals surface area contributed by atoms with Crippen LogP contribution in [0.3, 0.4) is 0 Å². The topological polar surface area (TPSA) is 54.3 Å². The number of nitrogens with zero attached hydrogens (tertiary/aromatic N) is 2. The van der Waals surface area contributed by atoms with Gasteiger partial charge >= 0.3 is 0 Å². The van der Waals surface area contributed by atoms with E-state index in [1.807, 2.05) is 60.9 Å². The van der Waals surface area contributed by atoms with E-state index in [0.29, 0.717) is 11.1 Å². The molecule has 6 heteroatoms. The van der Waals surface area contributed by atoms with Crippen LogP contribution in [0.25, 0.3) is 21.8 Å². The summed E-state index contributed by atoms with van der Waals surface area (Å²) >= 11 is 1.57. The Balaban J connectivity index is 1.98. The highest BCUT2D eigenvalue weighted by atomic mass is 32.2. The molecule has 29 heavy (non-hydrogen) atoms. The number of fused-ring (bicyclic) bond motifs is 5. The highest BCUT2D eigenvalue weighted by Crippen LogP contribution is 2.44. The molecule has 2 amide bonds. The van der Waals surface area contributed by atoms with Crippen molar-refractivity contribution in [3.05, 3.63) is 71.8 Å². The SMILES string of the molecule is CCn1c2ccccc2c2c3c(cc(N(SC)c4ccccc4)c21)C(=O)NC3=O. The average Bonchev–Trinajstić information content (AvgIpc) is 3.23. The number of rotatable bonds is 4. The molecule has 0 bridgehead atoms. The Kier molecular flexibility index (Phi) is 4.10. The summed E-state index contributed by atoms with van der Waals surface area (Å²) in [6.45, 7) is 2.85. The number of anilines is 2. The van der Waals surface area contributed by atoms with Gasteiger partial charge in [0, 0.05) is 29.1 Å². The first kappa shape index (κ1) is 17.8. The maximum absolute atomic E-state index is 12.7. The molecule has 0 unspecified atom stereocenters. The lowest BCUT2D eigenvalue weighted by Gasteiger charge is -2.24. The van der Waals surface area contributed by atoms with Crippen LogP contribution in [-0.2, 0) is 6.54 Å². The van der Waals surface area contributed by atoms with Crippen molar-refractivity contribution in [1.29, 1.82) is 0 Å². The number of carbonyl (C=O) groups is 2. The molecule has 0 fully saturated rings. The van der Waals surface area contributed by atoms with Crippen molar-refractivity contribution in [3.8, 4) is 0 Å². The van der Waals surface area contributed by atoms with Gasteiger partial charge in [0.1, 0.15) is 0 Å². The van der Waals surface area contributed by atoms with Crippen LogP contribution in [0.2, 0.25) is 0 Å². The van der Waals surface area contributed by atoms with Crippen LogP contribution in [0.15, 0.2) is 60.7 Å². The second-order valence-electron chi connectivity index (χ2n) is 6.90. The smallest absolute Gasteiger partial charge is 0.259 e. The molecule has 5 nitrogen and oxygen atoms in total. The van der Waals surface area contributed by atoms with Crippen LogP contribution in [0, 0.1) is 0 Å². The summed E-state index contributed by atoms with van der Waals surface area (Å²) in [4.78, 5) is 25.3. The third-order valence-corrected chi connectivity index (χ3v) is 6.19. The first-order chi connectivity index (χ1) is 14.2. The van der Waals surface area contributed by atoms with Gasteiger partial charge in [-0.25, -0.2) is 0 Å². The maximum Gasteiger partial charge on any atom is 0.259 e. The predicted octanol–water partition coefficient (Wildman–Crippen LogP) is 5.11. The monoisotopic (exact) mass is 401 g/mol. The van der Waals surface area contributed by atoms with Crippen LogP contribution in [0.1, 0.15) is 27.6 Å². The fourth-order valence-electron chi connectivity index (χ4n) is 4.27. The lowest BCUT2D eigenvalue weighted by atomic mass is 10.0. The summed E-state index contributed by atoms with van der Waals surface area (Å²) in [6.07, 6.45) is 2.01. The Morgan fingerprint density at radius 1 is 1.00 bits per heavy atom. The summed E-state index contributed by atoms with van der Waals surface area (Å²) in [7, 11) is 0. The molecule has 0 aliphatic carbocycles. The molecule has 1 N–H and O–H groups in total. The van der Waals surface area contributed by atoms with E-state index in [9.17, 15) is 9.59 Å². The zero-order valence-electron chi connectivity index (χ0n) is 16.1. The minimum atomic E-state index is -0.337. The fraction of sp³-hybridized carbons (Fsp3) is 0.130. The van der Waals surface area contributed by atoms with Crippen LogP contribution >= 0.6 is 11.9 Å². The van der Waals surface area contributed by atoms with Gasteiger partial charge in [0.05, 0.1) is 28.0 Å². The van der Waals surface area contributed by atoms with Gasteiger partial charge < -0.3 is 4.57 Å². The molecular weight excluding hydrogens is 382 g/mol. The number of amides is 2. The molecule has 1 aliphatic heterocycles. The van der Waals surface area contributed by atoms with E-state index < -0.39 is 0 Å². The van der Waals surface area contributed by atoms with Crippen molar-refractivity contribution in [1.82, 2.24) is 9.88 Å². The van der Waals surface area contributed by atoms with Crippen LogP contribution in [0.5, 0.6) is 0 Å². The second-order valence-corrected chi connectivity index (χ2v) is 7.63. The lowest BCUT2D eigenvalue weighted by molar-refractivity contribution is 0.0880. The van der Waals surface area contributed by atoms with E-state index in [-0.39, 0.29) is 11.8 Å². The minimum absolute atomic E-state index is 0.323. The Bertz CT molecular complexity index is 1290. The Hall–Kier alpha value is -3.25. The normalized spacial score (nSPS) is 13.2. The Labute approximate surface area is 172 Å². The van der Waals surface area contributed by atoms with Gasteiger partial charge in [-0.2, -0.15) is 0 Å². The number of benzene rings is 3. The van der Waals surface area contributed by atoms with E-state index in [4.69, 9.17) is 0 Å². The van der Waals surface area contributed by atoms with Crippen LogP contribution in [-0.4, -0.2) is 22.6 Å². The van der Waals surface area contributed by atoms with Gasteiger partial charge in [0.2, 0.25) is 0 Å². The standard InChI is InChI=1S/C23H19N3O2S/c1-3-25-17-12-8-7-11-15(17)19-20-16(22(27)24-23(20)28)13-18(21(19)25)26(29-2)14-9-5-4-6-10-14/h4-13H,3H2,1-2H3,(H,24,27,28). The second kappa shape index (κ2) is 6.67. The van der Waals surface area contributed by atoms with Crippen LogP contribution in [0.4, 0.5) is 11.4 Å². The lowest BCUT2D eigenvalue weighted by Crippen LogP contribution is -2.20. The summed E-state index contributed by atoms with van der Waals surface area (Å²) in [5, 5.41) is 4.31. The minimum Gasteiger partial charge on any atom is -0.339 e.